The van der Waals surface area contributed by atoms with Crippen LogP contribution in [0.5, 0.6) is 0 Å². The molecule has 0 bridgehead atoms. The highest BCUT2D eigenvalue weighted by Gasteiger charge is 2.37. The van der Waals surface area contributed by atoms with E-state index < -0.39 is 23.8 Å². The van der Waals surface area contributed by atoms with Crippen molar-refractivity contribution in [2.24, 2.45) is 0 Å². The molecule has 3 aromatic rings. The van der Waals surface area contributed by atoms with Crippen LogP contribution in [0, 0.1) is 6.92 Å². The fourth-order valence-corrected chi connectivity index (χ4v) is 3.28. The van der Waals surface area contributed by atoms with E-state index >= 15 is 0 Å². The average molecular weight is 417 g/mol. The van der Waals surface area contributed by atoms with Crippen LogP contribution in [-0.4, -0.2) is 26.7 Å². The van der Waals surface area contributed by atoms with Gasteiger partial charge in [-0.2, -0.15) is 31.4 Å². The largest absolute Gasteiger partial charge is 0.433 e. The lowest BCUT2D eigenvalue weighted by Crippen LogP contribution is -2.13. The number of thioether (sulfide) groups is 1. The van der Waals surface area contributed by atoms with Gasteiger partial charge in [0.2, 0.25) is 0 Å². The van der Waals surface area contributed by atoms with Crippen LogP contribution in [0.15, 0.2) is 53.6 Å². The van der Waals surface area contributed by atoms with Crippen molar-refractivity contribution in [1.82, 2.24) is 14.8 Å². The highest BCUT2D eigenvalue weighted by Crippen LogP contribution is 2.36. The Labute approximate surface area is 160 Å². The maximum absolute atomic E-state index is 13.4. The van der Waals surface area contributed by atoms with E-state index in [-0.39, 0.29) is 17.1 Å². The zero-order valence-electron chi connectivity index (χ0n) is 14.3. The Balaban J connectivity index is 2.04. The molecular weight excluding hydrogens is 404 g/mol. The van der Waals surface area contributed by atoms with Crippen molar-refractivity contribution < 1.29 is 26.3 Å². The third kappa shape index (κ3) is 4.67. The molecule has 3 nitrogen and oxygen atoms in total. The van der Waals surface area contributed by atoms with E-state index in [0.717, 1.165) is 6.07 Å². The molecule has 2 aromatic heterocycles. The monoisotopic (exact) mass is 417 g/mol. The molecule has 0 spiro atoms. The van der Waals surface area contributed by atoms with Gasteiger partial charge in [0.15, 0.2) is 11.5 Å². The third-order valence-electron chi connectivity index (χ3n) is 3.74. The van der Waals surface area contributed by atoms with Crippen LogP contribution in [0.1, 0.15) is 11.3 Å². The number of aryl methyl sites for hydroxylation is 1. The van der Waals surface area contributed by atoms with Crippen LogP contribution in [0.2, 0.25) is 0 Å². The van der Waals surface area contributed by atoms with Crippen molar-refractivity contribution in [2.45, 2.75) is 24.2 Å². The second kappa shape index (κ2) is 7.50. The van der Waals surface area contributed by atoms with Gasteiger partial charge in [-0.15, -0.1) is 11.8 Å². The zero-order valence-corrected chi connectivity index (χ0v) is 15.2. The molecule has 0 aliphatic rings. The van der Waals surface area contributed by atoms with Gasteiger partial charge >= 0.3 is 12.4 Å². The van der Waals surface area contributed by atoms with Gasteiger partial charge in [0, 0.05) is 16.7 Å². The molecule has 0 unspecified atom stereocenters. The molecule has 0 radical (unpaired) electrons. The number of hydrogen-bond donors (Lipinski definition) is 0. The second-order valence-corrected chi connectivity index (χ2v) is 6.91. The summed E-state index contributed by atoms with van der Waals surface area (Å²) in [6.07, 6.45) is -7.69. The van der Waals surface area contributed by atoms with Crippen molar-refractivity contribution in [1.29, 1.82) is 0 Å². The maximum atomic E-state index is 13.4. The Kier molecular flexibility index (Phi) is 5.42. The smallest absolute Gasteiger partial charge is 0.237 e. The number of nitrogens with zero attached hydrogens (tertiary/aromatic N) is 3. The van der Waals surface area contributed by atoms with E-state index in [4.69, 9.17) is 0 Å². The van der Waals surface area contributed by atoms with Crippen LogP contribution in [0.3, 0.4) is 0 Å². The Morgan fingerprint density at radius 2 is 1.75 bits per heavy atom. The summed E-state index contributed by atoms with van der Waals surface area (Å²) in [6.45, 7) is 1.64. The highest BCUT2D eigenvalue weighted by molar-refractivity contribution is 7.99. The van der Waals surface area contributed by atoms with Gasteiger partial charge in [0.05, 0.1) is 11.4 Å². The first-order valence-corrected chi connectivity index (χ1v) is 8.92. The Morgan fingerprint density at radius 1 is 1.00 bits per heavy atom. The Hall–Kier alpha value is -2.49. The Bertz CT molecular complexity index is 964. The molecule has 3 rings (SSSR count). The molecule has 0 N–H and O–H groups in total. The lowest BCUT2D eigenvalue weighted by Gasteiger charge is -2.09. The van der Waals surface area contributed by atoms with Gasteiger partial charge in [0.1, 0.15) is 0 Å². The molecule has 1 aromatic carbocycles. The van der Waals surface area contributed by atoms with Crippen LogP contribution in [0.25, 0.3) is 17.1 Å². The second-order valence-electron chi connectivity index (χ2n) is 5.90. The Morgan fingerprint density at radius 3 is 2.36 bits per heavy atom. The van der Waals surface area contributed by atoms with Crippen LogP contribution in [0.4, 0.5) is 26.3 Å². The van der Waals surface area contributed by atoms with Gasteiger partial charge in [-0.05, 0) is 36.8 Å². The van der Waals surface area contributed by atoms with Crippen LogP contribution >= 0.6 is 11.8 Å². The van der Waals surface area contributed by atoms with Gasteiger partial charge < -0.3 is 0 Å². The number of alkyl halides is 6. The predicted octanol–water partition coefficient (Wildman–Crippen LogP) is 5.92. The first-order valence-electron chi connectivity index (χ1n) is 7.94. The molecule has 0 atom stereocenters. The average Bonchev–Trinajstić information content (AvgIpc) is 3.07. The standard InChI is InChI=1S/C18H13F6N3S/c1-11-5-6-12(8-14(11)28-10-17(19,20)21)13-9-15(18(22,23)24)27(26-13)16-4-2-3-7-25-16/h2-9H,10H2,1H3. The number of hydrogen-bond acceptors (Lipinski definition) is 3. The molecule has 148 valence electrons. The number of pyridine rings is 1. The van der Waals surface area contributed by atoms with E-state index in [0.29, 0.717) is 26.9 Å². The predicted molar refractivity (Wildman–Crippen MR) is 93.3 cm³/mol. The summed E-state index contributed by atoms with van der Waals surface area (Å²) in [5, 5.41) is 4.00. The molecular formula is C18H13F6N3S. The topological polar surface area (TPSA) is 30.7 Å². The fourth-order valence-electron chi connectivity index (χ4n) is 2.45. The van der Waals surface area contributed by atoms with Crippen LogP contribution in [-0.2, 0) is 6.18 Å². The lowest BCUT2D eigenvalue weighted by molar-refractivity contribution is -0.142. The van der Waals surface area contributed by atoms with E-state index in [9.17, 15) is 26.3 Å². The van der Waals surface area contributed by atoms with Gasteiger partial charge in [-0.1, -0.05) is 18.2 Å². The summed E-state index contributed by atoms with van der Waals surface area (Å²) < 4.78 is 78.5. The maximum Gasteiger partial charge on any atom is 0.433 e. The molecule has 0 aliphatic heterocycles. The molecule has 2 heterocycles. The van der Waals surface area contributed by atoms with Gasteiger partial charge in [-0.3, -0.25) is 0 Å². The number of aromatic nitrogens is 3. The number of rotatable bonds is 4. The van der Waals surface area contributed by atoms with E-state index in [2.05, 4.69) is 10.1 Å². The molecule has 0 saturated heterocycles. The fraction of sp³-hybridized carbons (Fsp3) is 0.222. The zero-order chi connectivity index (χ0) is 20.5. The quantitative estimate of drug-likeness (QED) is 0.390. The van der Waals surface area contributed by atoms with Crippen molar-refractivity contribution in [3.05, 3.63) is 59.9 Å². The molecule has 0 amide bonds. The lowest BCUT2D eigenvalue weighted by atomic mass is 10.1. The van der Waals surface area contributed by atoms with Gasteiger partial charge in [-0.25, -0.2) is 9.67 Å². The van der Waals surface area contributed by atoms with E-state index in [1.165, 1.54) is 30.5 Å². The van der Waals surface area contributed by atoms with Crippen molar-refractivity contribution in [3.8, 4) is 17.1 Å². The van der Waals surface area contributed by atoms with E-state index in [1.807, 2.05) is 0 Å². The summed E-state index contributed by atoms with van der Waals surface area (Å²) in [7, 11) is 0. The summed E-state index contributed by atoms with van der Waals surface area (Å²) >= 11 is 0.582. The summed E-state index contributed by atoms with van der Waals surface area (Å²) in [5.41, 5.74) is -0.147. The van der Waals surface area contributed by atoms with Crippen LogP contribution < -0.4 is 0 Å². The molecule has 0 aliphatic carbocycles. The van der Waals surface area contributed by atoms with Gasteiger partial charge in [0.25, 0.3) is 0 Å². The van der Waals surface area contributed by atoms with Crippen molar-refractivity contribution in [2.75, 3.05) is 5.75 Å². The number of benzene rings is 1. The molecule has 10 heteroatoms. The third-order valence-corrected chi connectivity index (χ3v) is 4.96. The molecule has 0 saturated carbocycles. The number of halogens is 6. The van der Waals surface area contributed by atoms with Crippen molar-refractivity contribution >= 4 is 11.8 Å². The summed E-state index contributed by atoms with van der Waals surface area (Å²) in [6, 6.07) is 9.83. The summed E-state index contributed by atoms with van der Waals surface area (Å²) in [5.74, 6) is -1.10. The minimum Gasteiger partial charge on any atom is -0.237 e. The first kappa shape index (κ1) is 20.2. The minimum absolute atomic E-state index is 0.00756. The highest BCUT2D eigenvalue weighted by atomic mass is 32.2. The summed E-state index contributed by atoms with van der Waals surface area (Å²) in [4.78, 5) is 4.22. The first-order chi connectivity index (χ1) is 13.0. The minimum atomic E-state index is -4.68. The normalized spacial score (nSPS) is 12.4. The van der Waals surface area contributed by atoms with E-state index in [1.54, 1.807) is 19.1 Å². The molecule has 28 heavy (non-hydrogen) atoms. The molecule has 0 fully saturated rings. The SMILES string of the molecule is Cc1ccc(-c2cc(C(F)(F)F)n(-c3ccccn3)n2)cc1SCC(F)(F)F. The van der Waals surface area contributed by atoms with Crippen molar-refractivity contribution in [3.63, 3.8) is 0 Å².